The molecule has 0 amide bonds. The Morgan fingerprint density at radius 3 is 2.68 bits per heavy atom. The summed E-state index contributed by atoms with van der Waals surface area (Å²) >= 11 is 0. The molecule has 6 rings (SSSR count). The van der Waals surface area contributed by atoms with E-state index in [4.69, 9.17) is 4.74 Å². The van der Waals surface area contributed by atoms with Crippen molar-refractivity contribution >= 4 is 21.8 Å². The van der Waals surface area contributed by atoms with Gasteiger partial charge in [-0.1, -0.05) is 18.2 Å². The zero-order valence-corrected chi connectivity index (χ0v) is 21.3. The lowest BCUT2D eigenvalue weighted by molar-refractivity contribution is 0.260. The molecule has 1 fully saturated rings. The Balaban J connectivity index is 1.37. The zero-order valence-electron chi connectivity index (χ0n) is 21.3. The highest BCUT2D eigenvalue weighted by atomic mass is 19.1. The van der Waals surface area contributed by atoms with E-state index in [0.717, 1.165) is 76.8 Å². The average molecular weight is 498 g/mol. The van der Waals surface area contributed by atoms with E-state index < -0.39 is 0 Å². The van der Waals surface area contributed by atoms with E-state index >= 15 is 0 Å². The molecular weight excluding hydrogens is 465 g/mol. The molecule has 1 saturated heterocycles. The summed E-state index contributed by atoms with van der Waals surface area (Å²) in [7, 11) is 3.97. The number of fused-ring (bicyclic) bond motifs is 2. The van der Waals surface area contributed by atoms with Gasteiger partial charge >= 0.3 is 0 Å². The van der Waals surface area contributed by atoms with Gasteiger partial charge in [0.2, 0.25) is 0 Å². The van der Waals surface area contributed by atoms with Gasteiger partial charge in [0.1, 0.15) is 23.9 Å². The number of likely N-dealkylation sites (N-methyl/N-ethyl adjacent to an activating group) is 1. The molecule has 2 aromatic heterocycles. The number of benzene rings is 3. The van der Waals surface area contributed by atoms with Gasteiger partial charge in [0.05, 0.1) is 11.2 Å². The molecule has 190 valence electrons. The quantitative estimate of drug-likeness (QED) is 0.261. The second-order valence-electron chi connectivity index (χ2n) is 10.2. The highest BCUT2D eigenvalue weighted by molar-refractivity contribution is 6.01. The van der Waals surface area contributed by atoms with Crippen molar-refractivity contribution < 1.29 is 9.13 Å². The number of aromatic amines is 2. The summed E-state index contributed by atoms with van der Waals surface area (Å²) in [4.78, 5) is 5.59. The van der Waals surface area contributed by atoms with Crippen LogP contribution in [0, 0.1) is 5.82 Å². The molecule has 0 bridgehead atoms. The Morgan fingerprint density at radius 2 is 1.84 bits per heavy atom. The number of nitrogens with zero attached hydrogens (tertiary/aromatic N) is 2. The number of hydrogen-bond acceptors (Lipinski definition) is 4. The van der Waals surface area contributed by atoms with Gasteiger partial charge in [0.15, 0.2) is 0 Å². The normalized spacial score (nSPS) is 14.7. The van der Waals surface area contributed by atoms with Crippen molar-refractivity contribution in [3.63, 3.8) is 0 Å². The first-order valence-electron chi connectivity index (χ1n) is 12.9. The first-order valence-corrected chi connectivity index (χ1v) is 12.9. The molecule has 3 aromatic carbocycles. The summed E-state index contributed by atoms with van der Waals surface area (Å²) in [5.74, 6) is 0.798. The van der Waals surface area contributed by atoms with Gasteiger partial charge in [-0.15, -0.1) is 0 Å². The van der Waals surface area contributed by atoms with E-state index in [9.17, 15) is 4.39 Å². The van der Waals surface area contributed by atoms with Crippen LogP contribution in [0.15, 0.2) is 60.7 Å². The molecule has 0 atom stereocenters. The molecule has 0 unspecified atom stereocenters. The van der Waals surface area contributed by atoms with Crippen molar-refractivity contribution in [1.29, 1.82) is 0 Å². The van der Waals surface area contributed by atoms with Crippen LogP contribution in [0.4, 0.5) is 4.39 Å². The third-order valence-electron chi connectivity index (χ3n) is 7.31. The van der Waals surface area contributed by atoms with Crippen molar-refractivity contribution in [2.24, 2.45) is 0 Å². The van der Waals surface area contributed by atoms with E-state index in [-0.39, 0.29) is 5.82 Å². The van der Waals surface area contributed by atoms with Crippen molar-refractivity contribution in [2.75, 3.05) is 40.3 Å². The number of piperidine rings is 1. The lowest BCUT2D eigenvalue weighted by Gasteiger charge is -2.23. The van der Waals surface area contributed by atoms with Gasteiger partial charge in [0, 0.05) is 28.9 Å². The van der Waals surface area contributed by atoms with Crippen LogP contribution in [0.1, 0.15) is 24.3 Å². The van der Waals surface area contributed by atoms with E-state index in [2.05, 4.69) is 44.8 Å². The number of aromatic nitrogens is 3. The molecule has 6 nitrogen and oxygen atoms in total. The second kappa shape index (κ2) is 10.00. The molecule has 0 spiro atoms. The zero-order chi connectivity index (χ0) is 25.4. The second-order valence-corrected chi connectivity index (χ2v) is 10.2. The molecule has 5 aromatic rings. The van der Waals surface area contributed by atoms with Crippen LogP contribution in [0.5, 0.6) is 5.75 Å². The van der Waals surface area contributed by atoms with Crippen molar-refractivity contribution in [3.8, 4) is 28.3 Å². The molecule has 37 heavy (non-hydrogen) atoms. The van der Waals surface area contributed by atoms with Crippen LogP contribution in [0.3, 0.4) is 0 Å². The lowest BCUT2D eigenvalue weighted by atomic mass is 9.89. The first-order chi connectivity index (χ1) is 18.0. The largest absolute Gasteiger partial charge is 0.492 e. The van der Waals surface area contributed by atoms with Crippen molar-refractivity contribution in [3.05, 3.63) is 72.0 Å². The van der Waals surface area contributed by atoms with Gasteiger partial charge in [-0.25, -0.2) is 4.39 Å². The Morgan fingerprint density at radius 1 is 0.973 bits per heavy atom. The number of nitrogens with one attached hydrogen (secondary N) is 3. The Bertz CT molecular complexity index is 1550. The number of ether oxygens (including phenoxy) is 1. The predicted molar refractivity (Wildman–Crippen MR) is 148 cm³/mol. The minimum absolute atomic E-state index is 0.311. The summed E-state index contributed by atoms with van der Waals surface area (Å²) in [5.41, 5.74) is 6.96. The summed E-state index contributed by atoms with van der Waals surface area (Å²) in [6, 6.07) is 19.8. The van der Waals surface area contributed by atoms with E-state index in [0.29, 0.717) is 18.3 Å². The topological polar surface area (TPSA) is 69.0 Å². The monoisotopic (exact) mass is 497 g/mol. The maximum absolute atomic E-state index is 14.6. The predicted octanol–water partition coefficient (Wildman–Crippen LogP) is 5.92. The SMILES string of the molecule is CN(C)CCOc1cc(F)cc(-c2cccc3[nH]c(-c4n[nH]c5ccc(C6CCNCC6)cc45)cc23)c1. The molecule has 7 heteroatoms. The third kappa shape index (κ3) is 4.84. The standard InChI is InChI=1S/C30H32FN5O/c1-36(2)12-13-37-23-15-21(14-22(31)17-23)24-4-3-5-27-25(24)18-29(33-27)30-26-16-20(6-7-28(26)34-35-30)19-8-10-32-11-9-19/h3-7,14-19,32-33H,8-13H2,1-2H3,(H,34,35). The highest BCUT2D eigenvalue weighted by Gasteiger charge is 2.18. The first kappa shape index (κ1) is 23.7. The van der Waals surface area contributed by atoms with Gasteiger partial charge in [-0.2, -0.15) is 5.10 Å². The Labute approximate surface area is 215 Å². The van der Waals surface area contributed by atoms with Gasteiger partial charge in [-0.05, 0) is 99.0 Å². The summed E-state index contributed by atoms with van der Waals surface area (Å²) in [6.07, 6.45) is 2.31. The number of H-pyrrole nitrogens is 2. The fourth-order valence-corrected chi connectivity index (χ4v) is 5.33. The third-order valence-corrected chi connectivity index (χ3v) is 7.31. The molecule has 0 aliphatic carbocycles. The molecule has 1 aliphatic heterocycles. The van der Waals surface area contributed by atoms with Crippen LogP contribution in [-0.4, -0.2) is 60.4 Å². The fourth-order valence-electron chi connectivity index (χ4n) is 5.33. The van der Waals surface area contributed by atoms with Crippen LogP contribution in [-0.2, 0) is 0 Å². The molecule has 0 saturated carbocycles. The average Bonchev–Trinajstić information content (AvgIpc) is 3.52. The summed E-state index contributed by atoms with van der Waals surface area (Å²) in [6.45, 7) is 3.39. The minimum atomic E-state index is -0.311. The van der Waals surface area contributed by atoms with Gasteiger partial charge in [0.25, 0.3) is 0 Å². The van der Waals surface area contributed by atoms with E-state index in [1.807, 2.05) is 43.3 Å². The van der Waals surface area contributed by atoms with Gasteiger partial charge < -0.3 is 19.9 Å². The smallest absolute Gasteiger partial charge is 0.127 e. The van der Waals surface area contributed by atoms with E-state index in [1.165, 1.54) is 11.6 Å². The lowest BCUT2D eigenvalue weighted by Crippen LogP contribution is -2.26. The number of hydrogen-bond donors (Lipinski definition) is 3. The van der Waals surface area contributed by atoms with Gasteiger partial charge in [-0.3, -0.25) is 5.10 Å². The molecular formula is C30H32FN5O. The fraction of sp³-hybridized carbons (Fsp3) is 0.300. The molecule has 1 aliphatic rings. The molecule has 0 radical (unpaired) electrons. The van der Waals surface area contributed by atoms with Crippen LogP contribution in [0.25, 0.3) is 44.3 Å². The summed E-state index contributed by atoms with van der Waals surface area (Å²) in [5, 5.41) is 13.5. The Kier molecular flexibility index (Phi) is 6.40. The summed E-state index contributed by atoms with van der Waals surface area (Å²) < 4.78 is 20.4. The number of rotatable bonds is 7. The van der Waals surface area contributed by atoms with Crippen LogP contribution < -0.4 is 10.1 Å². The van der Waals surface area contributed by atoms with Crippen LogP contribution >= 0.6 is 0 Å². The van der Waals surface area contributed by atoms with Crippen molar-refractivity contribution in [1.82, 2.24) is 25.4 Å². The Hall–Kier alpha value is -3.68. The van der Waals surface area contributed by atoms with Crippen molar-refractivity contribution in [2.45, 2.75) is 18.8 Å². The maximum atomic E-state index is 14.6. The van der Waals surface area contributed by atoms with Crippen LogP contribution in [0.2, 0.25) is 0 Å². The number of halogens is 1. The highest BCUT2D eigenvalue weighted by Crippen LogP contribution is 2.36. The van der Waals surface area contributed by atoms with E-state index in [1.54, 1.807) is 6.07 Å². The maximum Gasteiger partial charge on any atom is 0.127 e. The molecule has 3 N–H and O–H groups in total. The minimum Gasteiger partial charge on any atom is -0.492 e. The molecule has 3 heterocycles.